The summed E-state index contributed by atoms with van der Waals surface area (Å²) in [4.78, 5) is 13.1. The largest absolute Gasteiger partial charge is 0.341 e. The van der Waals surface area contributed by atoms with E-state index in [1.165, 1.54) is 22.5 Å². The van der Waals surface area contributed by atoms with Gasteiger partial charge in [0.25, 0.3) is 5.91 Å². The lowest BCUT2D eigenvalue weighted by atomic mass is 10.1. The number of nitrogens with one attached hydrogen (secondary N) is 1. The van der Waals surface area contributed by atoms with E-state index >= 15 is 0 Å². The molecule has 0 unspecified atom stereocenters. The van der Waals surface area contributed by atoms with E-state index in [2.05, 4.69) is 47.1 Å². The van der Waals surface area contributed by atoms with Gasteiger partial charge in [-0.3, -0.25) is 4.79 Å². The van der Waals surface area contributed by atoms with Crippen LogP contribution in [0.1, 0.15) is 20.8 Å². The van der Waals surface area contributed by atoms with Gasteiger partial charge in [0.1, 0.15) is 0 Å². The van der Waals surface area contributed by atoms with E-state index in [0.29, 0.717) is 0 Å². The Bertz CT molecular complexity index is 1010. The minimum Gasteiger partial charge on any atom is -0.341 e. The van der Waals surface area contributed by atoms with Gasteiger partial charge >= 0.3 is 0 Å². The third kappa shape index (κ3) is 3.21. The van der Waals surface area contributed by atoms with Crippen LogP contribution in [-0.4, -0.2) is 10.5 Å². The molecule has 25 heavy (non-hydrogen) atoms. The van der Waals surface area contributed by atoms with Gasteiger partial charge < -0.3 is 9.88 Å². The van der Waals surface area contributed by atoms with Gasteiger partial charge in [-0.15, -0.1) is 11.3 Å². The van der Waals surface area contributed by atoms with E-state index < -0.39 is 0 Å². The Hall–Kier alpha value is -2.85. The Balaban J connectivity index is 1.68. The SMILES string of the molecule is Cc1ccc(Cn2cc(NC(=O)c3cccs3)c3ccccc32)cc1. The molecular weight excluding hydrogens is 328 g/mol. The number of carbonyl (C=O) groups is 1. The molecule has 0 saturated heterocycles. The molecular formula is C21H18N2OS. The number of amides is 1. The summed E-state index contributed by atoms with van der Waals surface area (Å²) in [5, 5.41) is 6.02. The van der Waals surface area contributed by atoms with E-state index in [9.17, 15) is 4.79 Å². The molecule has 1 N–H and O–H groups in total. The molecule has 4 heteroatoms. The van der Waals surface area contributed by atoms with E-state index in [4.69, 9.17) is 0 Å². The van der Waals surface area contributed by atoms with Crippen molar-refractivity contribution in [1.29, 1.82) is 0 Å². The third-order valence-corrected chi connectivity index (χ3v) is 5.12. The molecule has 4 rings (SSSR count). The molecule has 0 aliphatic heterocycles. The number of carbonyl (C=O) groups excluding carboxylic acids is 1. The highest BCUT2D eigenvalue weighted by Gasteiger charge is 2.13. The van der Waals surface area contributed by atoms with Gasteiger partial charge in [0, 0.05) is 18.1 Å². The second-order valence-electron chi connectivity index (χ2n) is 6.10. The number of hydrogen-bond donors (Lipinski definition) is 1. The van der Waals surface area contributed by atoms with Gasteiger partial charge in [0.2, 0.25) is 0 Å². The van der Waals surface area contributed by atoms with Gasteiger partial charge in [0.05, 0.1) is 16.1 Å². The summed E-state index contributed by atoms with van der Waals surface area (Å²) in [6.07, 6.45) is 2.02. The number of para-hydroxylation sites is 1. The number of thiophene rings is 1. The molecule has 0 spiro atoms. The van der Waals surface area contributed by atoms with Crippen LogP contribution in [0.4, 0.5) is 5.69 Å². The molecule has 124 valence electrons. The van der Waals surface area contributed by atoms with Gasteiger partial charge in [0.15, 0.2) is 0 Å². The summed E-state index contributed by atoms with van der Waals surface area (Å²) in [7, 11) is 0. The Kier molecular flexibility index (Phi) is 4.12. The van der Waals surface area contributed by atoms with Crippen LogP contribution < -0.4 is 5.32 Å². The number of fused-ring (bicyclic) bond motifs is 1. The Morgan fingerprint density at radius 2 is 1.84 bits per heavy atom. The number of aromatic nitrogens is 1. The molecule has 0 saturated carbocycles. The fourth-order valence-corrected chi connectivity index (χ4v) is 3.58. The number of anilines is 1. The van der Waals surface area contributed by atoms with Crippen LogP contribution in [0.3, 0.4) is 0 Å². The summed E-state index contributed by atoms with van der Waals surface area (Å²) in [6, 6.07) is 20.4. The lowest BCUT2D eigenvalue weighted by Crippen LogP contribution is -2.09. The Labute approximate surface area is 150 Å². The summed E-state index contributed by atoms with van der Waals surface area (Å²) in [5.41, 5.74) is 4.46. The zero-order chi connectivity index (χ0) is 17.2. The molecule has 3 nitrogen and oxygen atoms in total. The van der Waals surface area contributed by atoms with Gasteiger partial charge in [-0.25, -0.2) is 0 Å². The lowest BCUT2D eigenvalue weighted by molar-refractivity contribution is 0.103. The highest BCUT2D eigenvalue weighted by atomic mass is 32.1. The second kappa shape index (κ2) is 6.57. The van der Waals surface area contributed by atoms with E-state index in [1.54, 1.807) is 0 Å². The first-order valence-corrected chi connectivity index (χ1v) is 9.07. The van der Waals surface area contributed by atoms with E-state index in [0.717, 1.165) is 28.0 Å². The molecule has 1 amide bonds. The van der Waals surface area contributed by atoms with Crippen molar-refractivity contribution >= 4 is 33.8 Å². The monoisotopic (exact) mass is 346 g/mol. The van der Waals surface area contributed by atoms with Crippen LogP contribution in [0, 0.1) is 6.92 Å². The zero-order valence-corrected chi connectivity index (χ0v) is 14.7. The average molecular weight is 346 g/mol. The standard InChI is InChI=1S/C21H18N2OS/c1-15-8-10-16(11-9-15)13-23-14-18(17-5-2-3-6-19(17)23)22-21(24)20-7-4-12-25-20/h2-12,14H,13H2,1H3,(H,22,24). The molecule has 4 aromatic rings. The molecule has 0 radical (unpaired) electrons. The summed E-state index contributed by atoms with van der Waals surface area (Å²) in [5.74, 6) is -0.0618. The quantitative estimate of drug-likeness (QED) is 0.534. The average Bonchev–Trinajstić information content (AvgIpc) is 3.27. The highest BCUT2D eigenvalue weighted by molar-refractivity contribution is 7.12. The fraction of sp³-hybridized carbons (Fsp3) is 0.0952. The summed E-state index contributed by atoms with van der Waals surface area (Å²) >= 11 is 1.45. The molecule has 0 atom stereocenters. The number of rotatable bonds is 4. The van der Waals surface area contributed by atoms with Crippen LogP contribution in [0.5, 0.6) is 0 Å². The van der Waals surface area contributed by atoms with Gasteiger partial charge in [-0.2, -0.15) is 0 Å². The normalized spacial score (nSPS) is 10.9. The van der Waals surface area contributed by atoms with Crippen molar-refractivity contribution < 1.29 is 4.79 Å². The molecule has 2 aromatic heterocycles. The van der Waals surface area contributed by atoms with Crippen molar-refractivity contribution in [2.75, 3.05) is 5.32 Å². The minimum absolute atomic E-state index is 0.0618. The zero-order valence-electron chi connectivity index (χ0n) is 13.9. The van der Waals surface area contributed by atoms with Crippen LogP contribution in [0.15, 0.2) is 72.2 Å². The fourth-order valence-electron chi connectivity index (χ4n) is 2.96. The van der Waals surface area contributed by atoms with Crippen LogP contribution in [0.2, 0.25) is 0 Å². The van der Waals surface area contributed by atoms with Crippen LogP contribution >= 0.6 is 11.3 Å². The first-order valence-electron chi connectivity index (χ1n) is 8.19. The van der Waals surface area contributed by atoms with Gasteiger partial charge in [-0.1, -0.05) is 54.1 Å². The molecule has 2 heterocycles. The second-order valence-corrected chi connectivity index (χ2v) is 7.05. The van der Waals surface area contributed by atoms with E-state index in [-0.39, 0.29) is 5.91 Å². The molecule has 0 fully saturated rings. The molecule has 0 aliphatic carbocycles. The topological polar surface area (TPSA) is 34.0 Å². The smallest absolute Gasteiger partial charge is 0.265 e. The molecule has 0 aliphatic rings. The summed E-state index contributed by atoms with van der Waals surface area (Å²) < 4.78 is 2.18. The summed E-state index contributed by atoms with van der Waals surface area (Å²) in [6.45, 7) is 2.86. The van der Waals surface area contributed by atoms with Crippen molar-refractivity contribution in [2.24, 2.45) is 0 Å². The Morgan fingerprint density at radius 3 is 2.60 bits per heavy atom. The van der Waals surface area contributed by atoms with Crippen LogP contribution in [0.25, 0.3) is 10.9 Å². The number of nitrogens with zero attached hydrogens (tertiary/aromatic N) is 1. The van der Waals surface area contributed by atoms with Crippen molar-refractivity contribution in [2.45, 2.75) is 13.5 Å². The van der Waals surface area contributed by atoms with E-state index in [1.807, 2.05) is 41.9 Å². The number of hydrogen-bond acceptors (Lipinski definition) is 2. The maximum atomic E-state index is 12.4. The van der Waals surface area contributed by atoms with Gasteiger partial charge in [-0.05, 0) is 30.0 Å². The first kappa shape index (κ1) is 15.7. The maximum Gasteiger partial charge on any atom is 0.265 e. The van der Waals surface area contributed by atoms with Crippen LogP contribution in [-0.2, 0) is 6.54 Å². The lowest BCUT2D eigenvalue weighted by Gasteiger charge is -2.05. The minimum atomic E-state index is -0.0618. The first-order chi connectivity index (χ1) is 12.2. The predicted octanol–water partition coefficient (Wildman–Crippen LogP) is 5.31. The van der Waals surface area contributed by atoms with Crippen molar-refractivity contribution in [3.63, 3.8) is 0 Å². The highest BCUT2D eigenvalue weighted by Crippen LogP contribution is 2.27. The molecule has 0 bridgehead atoms. The predicted molar refractivity (Wildman–Crippen MR) is 104 cm³/mol. The Morgan fingerprint density at radius 1 is 1.04 bits per heavy atom. The van der Waals surface area contributed by atoms with Crippen molar-refractivity contribution in [3.05, 3.63) is 88.2 Å². The number of benzene rings is 2. The van der Waals surface area contributed by atoms with Crippen molar-refractivity contribution in [1.82, 2.24) is 4.57 Å². The molecule has 2 aromatic carbocycles. The van der Waals surface area contributed by atoms with Crippen molar-refractivity contribution in [3.8, 4) is 0 Å². The third-order valence-electron chi connectivity index (χ3n) is 4.26. The number of aryl methyl sites for hydroxylation is 1. The maximum absolute atomic E-state index is 12.4.